The molecule has 0 aliphatic heterocycles. The third-order valence-electron chi connectivity index (χ3n) is 3.51. The molecule has 114 valence electrons. The van der Waals surface area contributed by atoms with Crippen LogP contribution in [0.5, 0.6) is 0 Å². The Hall–Kier alpha value is -2.71. The van der Waals surface area contributed by atoms with E-state index in [-0.39, 0.29) is 5.91 Å². The van der Waals surface area contributed by atoms with Gasteiger partial charge in [0.2, 0.25) is 0 Å². The lowest BCUT2D eigenvalue weighted by atomic mass is 10.2. The summed E-state index contributed by atoms with van der Waals surface area (Å²) >= 11 is 1.49. The molecule has 2 aromatic heterocycles. The molecule has 0 bridgehead atoms. The van der Waals surface area contributed by atoms with Gasteiger partial charge in [0.05, 0.1) is 17.4 Å². The minimum Gasteiger partial charge on any atom is -0.333 e. The van der Waals surface area contributed by atoms with Crippen molar-refractivity contribution in [3.05, 3.63) is 65.3 Å². The molecule has 0 radical (unpaired) electrons. The highest BCUT2D eigenvalue weighted by Crippen LogP contribution is 2.26. The second kappa shape index (κ2) is 7.03. The molecule has 0 saturated carbocycles. The minimum absolute atomic E-state index is 0.0368. The molecular formula is C18H15N3OS. The lowest BCUT2D eigenvalue weighted by Crippen LogP contribution is -2.30. The molecule has 1 aromatic carbocycles. The molecule has 0 aliphatic rings. The zero-order valence-corrected chi connectivity index (χ0v) is 13.3. The Bertz CT molecular complexity index is 818. The maximum Gasteiger partial charge on any atom is 0.264 e. The van der Waals surface area contributed by atoms with Crippen LogP contribution in [0.3, 0.4) is 0 Å². The molecule has 0 aliphatic carbocycles. The Morgan fingerprint density at radius 2 is 2.13 bits per heavy atom. The number of hydrogen-bond donors (Lipinski definition) is 0. The van der Waals surface area contributed by atoms with Gasteiger partial charge < -0.3 is 4.90 Å². The van der Waals surface area contributed by atoms with Gasteiger partial charge in [-0.05, 0) is 29.1 Å². The zero-order chi connectivity index (χ0) is 16.1. The molecule has 4 nitrogen and oxygen atoms in total. The second-order valence-electron chi connectivity index (χ2n) is 5.14. The Balaban J connectivity index is 1.85. The molecule has 3 aromatic rings. The van der Waals surface area contributed by atoms with Crippen LogP contribution in [-0.2, 0) is 6.54 Å². The molecule has 1 amide bonds. The number of rotatable bonds is 5. The van der Waals surface area contributed by atoms with Crippen LogP contribution in [0.15, 0.2) is 54.9 Å². The average Bonchev–Trinajstić information content (AvgIpc) is 3.03. The monoisotopic (exact) mass is 321 g/mol. The first-order valence-corrected chi connectivity index (χ1v) is 8.13. The van der Waals surface area contributed by atoms with Crippen LogP contribution in [0, 0.1) is 11.3 Å². The van der Waals surface area contributed by atoms with E-state index < -0.39 is 0 Å². The van der Waals surface area contributed by atoms with E-state index >= 15 is 0 Å². The number of nitriles is 1. The lowest BCUT2D eigenvalue weighted by molar-refractivity contribution is 0.0751. The summed E-state index contributed by atoms with van der Waals surface area (Å²) in [5, 5.41) is 9.92. The van der Waals surface area contributed by atoms with E-state index in [1.807, 2.05) is 42.5 Å². The van der Waals surface area contributed by atoms with Crippen molar-refractivity contribution >= 4 is 27.3 Å². The van der Waals surface area contributed by atoms with Crippen LogP contribution in [0.25, 0.3) is 10.1 Å². The number of aromatic nitrogens is 1. The van der Waals surface area contributed by atoms with Crippen molar-refractivity contribution < 1.29 is 4.79 Å². The number of fused-ring (bicyclic) bond motifs is 1. The van der Waals surface area contributed by atoms with Crippen LogP contribution in [-0.4, -0.2) is 22.3 Å². The van der Waals surface area contributed by atoms with E-state index in [2.05, 4.69) is 11.1 Å². The molecule has 0 atom stereocenters. The summed E-state index contributed by atoms with van der Waals surface area (Å²) in [5.41, 5.74) is 0.958. The predicted octanol–water partition coefficient (Wildman–Crippen LogP) is 3.85. The molecule has 0 saturated heterocycles. The van der Waals surface area contributed by atoms with Gasteiger partial charge in [0.1, 0.15) is 0 Å². The number of nitrogens with zero attached hydrogens (tertiary/aromatic N) is 3. The highest BCUT2D eigenvalue weighted by atomic mass is 32.1. The average molecular weight is 321 g/mol. The topological polar surface area (TPSA) is 57.0 Å². The van der Waals surface area contributed by atoms with Crippen molar-refractivity contribution in [2.75, 3.05) is 6.54 Å². The highest BCUT2D eigenvalue weighted by molar-refractivity contribution is 7.20. The summed E-state index contributed by atoms with van der Waals surface area (Å²) < 4.78 is 1.09. The smallest absolute Gasteiger partial charge is 0.264 e. The van der Waals surface area contributed by atoms with Gasteiger partial charge in [-0.1, -0.05) is 24.3 Å². The van der Waals surface area contributed by atoms with Crippen molar-refractivity contribution in [1.82, 2.24) is 9.88 Å². The summed E-state index contributed by atoms with van der Waals surface area (Å²) in [6, 6.07) is 15.8. The summed E-state index contributed by atoms with van der Waals surface area (Å²) in [7, 11) is 0. The molecule has 0 unspecified atom stereocenters. The maximum absolute atomic E-state index is 12.8. The predicted molar refractivity (Wildman–Crippen MR) is 91.0 cm³/mol. The largest absolute Gasteiger partial charge is 0.333 e. The minimum atomic E-state index is -0.0368. The molecule has 2 heterocycles. The zero-order valence-electron chi connectivity index (χ0n) is 12.5. The van der Waals surface area contributed by atoms with Gasteiger partial charge >= 0.3 is 0 Å². The van der Waals surface area contributed by atoms with Crippen molar-refractivity contribution in [1.29, 1.82) is 5.26 Å². The fourth-order valence-electron chi connectivity index (χ4n) is 2.39. The maximum atomic E-state index is 12.8. The summed E-state index contributed by atoms with van der Waals surface area (Å²) in [5.74, 6) is -0.0368. The molecule has 0 N–H and O–H groups in total. The van der Waals surface area contributed by atoms with Crippen molar-refractivity contribution in [2.24, 2.45) is 0 Å². The van der Waals surface area contributed by atoms with Gasteiger partial charge in [-0.2, -0.15) is 5.26 Å². The molecule has 0 spiro atoms. The Morgan fingerprint density at radius 3 is 2.87 bits per heavy atom. The first kappa shape index (κ1) is 15.2. The fourth-order valence-corrected chi connectivity index (χ4v) is 3.42. The molecule has 3 rings (SSSR count). The van der Waals surface area contributed by atoms with Gasteiger partial charge in [-0.15, -0.1) is 11.3 Å². The van der Waals surface area contributed by atoms with Gasteiger partial charge in [0, 0.05) is 30.2 Å². The molecular weight excluding hydrogens is 306 g/mol. The first-order valence-electron chi connectivity index (χ1n) is 7.31. The fraction of sp³-hybridized carbons (Fsp3) is 0.167. The summed E-state index contributed by atoms with van der Waals surface area (Å²) in [6.45, 7) is 0.876. The Morgan fingerprint density at radius 1 is 1.26 bits per heavy atom. The summed E-state index contributed by atoms with van der Waals surface area (Å²) in [6.07, 6.45) is 3.77. The normalized spacial score (nSPS) is 10.4. The van der Waals surface area contributed by atoms with Crippen LogP contribution in [0.1, 0.15) is 21.7 Å². The second-order valence-corrected chi connectivity index (χ2v) is 6.23. The van der Waals surface area contributed by atoms with Crippen LogP contribution < -0.4 is 0 Å². The number of carbonyl (C=O) groups is 1. The van der Waals surface area contributed by atoms with E-state index in [0.717, 1.165) is 15.6 Å². The van der Waals surface area contributed by atoms with Crippen LogP contribution in [0.2, 0.25) is 0 Å². The Kier molecular flexibility index (Phi) is 4.65. The van der Waals surface area contributed by atoms with Crippen molar-refractivity contribution in [2.45, 2.75) is 13.0 Å². The van der Waals surface area contributed by atoms with E-state index in [1.165, 1.54) is 11.3 Å². The van der Waals surface area contributed by atoms with E-state index in [9.17, 15) is 4.79 Å². The molecule has 0 fully saturated rings. The van der Waals surface area contributed by atoms with Gasteiger partial charge in [0.15, 0.2) is 0 Å². The van der Waals surface area contributed by atoms with Gasteiger partial charge in [0.25, 0.3) is 5.91 Å². The number of hydrogen-bond acceptors (Lipinski definition) is 4. The number of pyridine rings is 1. The SMILES string of the molecule is N#CCCN(Cc1cccnc1)C(=O)c1cc2ccccc2s1. The molecule has 5 heteroatoms. The standard InChI is InChI=1S/C18H15N3OS/c19-8-4-10-21(13-14-5-3-9-20-12-14)18(22)17-11-15-6-1-2-7-16(15)23-17/h1-3,5-7,9,11-12H,4,10,13H2. The van der Waals surface area contributed by atoms with Crippen LogP contribution in [0.4, 0.5) is 0 Å². The number of carbonyl (C=O) groups excluding carboxylic acids is 1. The Labute approximate surface area is 138 Å². The third kappa shape index (κ3) is 3.55. The quantitative estimate of drug-likeness (QED) is 0.717. The van der Waals surface area contributed by atoms with Gasteiger partial charge in [-0.3, -0.25) is 9.78 Å². The highest BCUT2D eigenvalue weighted by Gasteiger charge is 2.18. The van der Waals surface area contributed by atoms with E-state index in [0.29, 0.717) is 24.4 Å². The van der Waals surface area contributed by atoms with Crippen LogP contribution >= 0.6 is 11.3 Å². The first-order chi connectivity index (χ1) is 11.3. The molecule has 23 heavy (non-hydrogen) atoms. The summed E-state index contributed by atoms with van der Waals surface area (Å²) in [4.78, 5) is 19.3. The van der Waals surface area contributed by atoms with Crippen molar-refractivity contribution in [3.63, 3.8) is 0 Å². The number of thiophene rings is 1. The van der Waals surface area contributed by atoms with Crippen molar-refractivity contribution in [3.8, 4) is 6.07 Å². The van der Waals surface area contributed by atoms with E-state index in [4.69, 9.17) is 5.26 Å². The number of benzene rings is 1. The third-order valence-corrected chi connectivity index (χ3v) is 4.62. The lowest BCUT2D eigenvalue weighted by Gasteiger charge is -2.20. The number of amides is 1. The van der Waals surface area contributed by atoms with Gasteiger partial charge in [-0.25, -0.2) is 0 Å². The van der Waals surface area contributed by atoms with E-state index in [1.54, 1.807) is 17.3 Å².